The van der Waals surface area contributed by atoms with Crippen LogP contribution in [0.3, 0.4) is 0 Å². The Bertz CT molecular complexity index is 528. The van der Waals surface area contributed by atoms with Crippen LogP contribution >= 0.6 is 11.3 Å². The van der Waals surface area contributed by atoms with Crippen molar-refractivity contribution < 1.29 is 0 Å². The molecule has 1 unspecified atom stereocenters. The summed E-state index contributed by atoms with van der Waals surface area (Å²) in [5.74, 6) is 0. The fraction of sp³-hybridized carbons (Fsp3) is 0.500. The van der Waals surface area contributed by atoms with Gasteiger partial charge in [-0.25, -0.2) is 0 Å². The van der Waals surface area contributed by atoms with Gasteiger partial charge in [0.05, 0.1) is 0 Å². The monoisotopic (exact) mass is 274 g/mol. The van der Waals surface area contributed by atoms with Crippen LogP contribution in [0.1, 0.15) is 30.9 Å². The molecule has 0 spiro atoms. The molecular formula is C16H22N2S. The fourth-order valence-corrected chi connectivity index (χ4v) is 4.13. The van der Waals surface area contributed by atoms with Crippen molar-refractivity contribution in [3.8, 4) is 0 Å². The van der Waals surface area contributed by atoms with Gasteiger partial charge in [0.2, 0.25) is 0 Å². The van der Waals surface area contributed by atoms with Crippen molar-refractivity contribution in [2.24, 2.45) is 0 Å². The highest BCUT2D eigenvalue weighted by Crippen LogP contribution is 2.36. The molecule has 0 aliphatic carbocycles. The lowest BCUT2D eigenvalue weighted by Gasteiger charge is -2.27. The Morgan fingerprint density at radius 3 is 2.84 bits per heavy atom. The quantitative estimate of drug-likeness (QED) is 0.895. The van der Waals surface area contributed by atoms with E-state index < -0.39 is 0 Å². The Morgan fingerprint density at radius 2 is 2.05 bits per heavy atom. The number of likely N-dealkylation sites (tertiary alicyclic amines) is 1. The number of hydrogen-bond acceptors (Lipinski definition) is 3. The maximum absolute atomic E-state index is 3.31. The molecule has 19 heavy (non-hydrogen) atoms. The normalized spacial score (nSPS) is 18.2. The second kappa shape index (κ2) is 6.04. The molecule has 1 aromatic heterocycles. The third kappa shape index (κ3) is 2.69. The van der Waals surface area contributed by atoms with Crippen LogP contribution in [0.4, 0.5) is 0 Å². The van der Waals surface area contributed by atoms with E-state index in [0.717, 1.165) is 6.54 Å². The Hall–Kier alpha value is -0.900. The predicted molar refractivity (Wildman–Crippen MR) is 83.9 cm³/mol. The molecule has 0 amide bonds. The molecule has 102 valence electrons. The lowest BCUT2D eigenvalue weighted by Crippen LogP contribution is -2.28. The molecule has 1 fully saturated rings. The third-order valence-corrected chi connectivity index (χ3v) is 5.10. The van der Waals surface area contributed by atoms with E-state index >= 15 is 0 Å². The summed E-state index contributed by atoms with van der Waals surface area (Å²) in [4.78, 5) is 2.67. The van der Waals surface area contributed by atoms with Crippen molar-refractivity contribution in [3.63, 3.8) is 0 Å². The molecule has 1 atom stereocenters. The van der Waals surface area contributed by atoms with Crippen molar-refractivity contribution in [2.75, 3.05) is 26.7 Å². The first-order valence-corrected chi connectivity index (χ1v) is 8.13. The Labute approximate surface area is 119 Å². The molecule has 1 aromatic carbocycles. The van der Waals surface area contributed by atoms with Crippen LogP contribution in [0.25, 0.3) is 10.1 Å². The largest absolute Gasteiger partial charge is 0.320 e. The van der Waals surface area contributed by atoms with Crippen LogP contribution < -0.4 is 5.32 Å². The van der Waals surface area contributed by atoms with Gasteiger partial charge in [-0.1, -0.05) is 18.2 Å². The number of fused-ring (bicyclic) bond motifs is 1. The Morgan fingerprint density at radius 1 is 1.26 bits per heavy atom. The standard InChI is InChI=1S/C16H22N2S/c1-17-9-8-15(18-10-4-5-11-18)14-12-19-16-7-3-2-6-13(14)16/h2-3,6-7,12,15,17H,4-5,8-11H2,1H3. The molecule has 0 radical (unpaired) electrons. The van der Waals surface area contributed by atoms with Crippen LogP contribution in [0.15, 0.2) is 29.6 Å². The maximum atomic E-state index is 3.31. The van der Waals surface area contributed by atoms with Crippen LogP contribution in [-0.4, -0.2) is 31.6 Å². The molecule has 3 rings (SSSR count). The van der Waals surface area contributed by atoms with E-state index in [1.165, 1.54) is 48.0 Å². The van der Waals surface area contributed by atoms with E-state index in [2.05, 4.69) is 39.9 Å². The van der Waals surface area contributed by atoms with Gasteiger partial charge >= 0.3 is 0 Å². The van der Waals surface area contributed by atoms with E-state index in [-0.39, 0.29) is 0 Å². The Balaban J connectivity index is 1.93. The van der Waals surface area contributed by atoms with E-state index in [1.807, 2.05) is 18.4 Å². The van der Waals surface area contributed by atoms with Crippen molar-refractivity contribution in [2.45, 2.75) is 25.3 Å². The number of rotatable bonds is 5. The predicted octanol–water partition coefficient (Wildman–Crippen LogP) is 3.65. The van der Waals surface area contributed by atoms with Gasteiger partial charge in [-0.3, -0.25) is 4.90 Å². The molecule has 1 N–H and O–H groups in total. The number of nitrogens with one attached hydrogen (secondary N) is 1. The second-order valence-corrected chi connectivity index (χ2v) is 6.25. The zero-order valence-electron chi connectivity index (χ0n) is 11.6. The lowest BCUT2D eigenvalue weighted by atomic mass is 10.0. The SMILES string of the molecule is CNCCC(c1csc2ccccc12)N1CCCC1. The molecule has 1 aliphatic rings. The number of benzene rings is 1. The summed E-state index contributed by atoms with van der Waals surface area (Å²) in [5, 5.41) is 7.15. The zero-order valence-corrected chi connectivity index (χ0v) is 12.4. The summed E-state index contributed by atoms with van der Waals surface area (Å²) >= 11 is 1.89. The maximum Gasteiger partial charge on any atom is 0.0374 e. The molecule has 3 heteroatoms. The molecule has 0 bridgehead atoms. The second-order valence-electron chi connectivity index (χ2n) is 5.34. The zero-order chi connectivity index (χ0) is 13.1. The lowest BCUT2D eigenvalue weighted by molar-refractivity contribution is 0.235. The molecule has 2 nitrogen and oxygen atoms in total. The van der Waals surface area contributed by atoms with Gasteiger partial charge in [-0.2, -0.15) is 0 Å². The first-order chi connectivity index (χ1) is 9.40. The number of nitrogens with zero attached hydrogens (tertiary/aromatic N) is 1. The van der Waals surface area contributed by atoms with Crippen molar-refractivity contribution >= 4 is 21.4 Å². The highest BCUT2D eigenvalue weighted by Gasteiger charge is 2.24. The smallest absolute Gasteiger partial charge is 0.0374 e. The molecule has 2 heterocycles. The minimum Gasteiger partial charge on any atom is -0.320 e. The van der Waals surface area contributed by atoms with Gasteiger partial charge in [-0.05, 0) is 68.3 Å². The summed E-state index contributed by atoms with van der Waals surface area (Å²) in [7, 11) is 2.05. The van der Waals surface area contributed by atoms with Gasteiger partial charge in [0.1, 0.15) is 0 Å². The average Bonchev–Trinajstić information content (AvgIpc) is 3.09. The minimum atomic E-state index is 0.589. The minimum absolute atomic E-state index is 0.589. The van der Waals surface area contributed by atoms with Crippen LogP contribution in [0, 0.1) is 0 Å². The summed E-state index contributed by atoms with van der Waals surface area (Å²) in [6, 6.07) is 9.41. The average molecular weight is 274 g/mol. The molecule has 1 saturated heterocycles. The van der Waals surface area contributed by atoms with Crippen LogP contribution in [0.5, 0.6) is 0 Å². The molecule has 2 aromatic rings. The number of thiophene rings is 1. The van der Waals surface area contributed by atoms with E-state index in [0.29, 0.717) is 6.04 Å². The van der Waals surface area contributed by atoms with Crippen LogP contribution in [-0.2, 0) is 0 Å². The summed E-state index contributed by atoms with van der Waals surface area (Å²) < 4.78 is 1.42. The summed E-state index contributed by atoms with van der Waals surface area (Å²) in [6.45, 7) is 3.61. The van der Waals surface area contributed by atoms with Crippen molar-refractivity contribution in [1.82, 2.24) is 10.2 Å². The van der Waals surface area contributed by atoms with Crippen molar-refractivity contribution in [3.05, 3.63) is 35.2 Å². The molecule has 1 aliphatic heterocycles. The van der Waals surface area contributed by atoms with Gasteiger partial charge in [0.25, 0.3) is 0 Å². The molecular weight excluding hydrogens is 252 g/mol. The van der Waals surface area contributed by atoms with Gasteiger partial charge < -0.3 is 5.32 Å². The first-order valence-electron chi connectivity index (χ1n) is 7.25. The number of hydrogen-bond donors (Lipinski definition) is 1. The van der Waals surface area contributed by atoms with Crippen molar-refractivity contribution in [1.29, 1.82) is 0 Å². The highest BCUT2D eigenvalue weighted by molar-refractivity contribution is 7.17. The summed E-state index contributed by atoms with van der Waals surface area (Å²) in [6.07, 6.45) is 3.92. The fourth-order valence-electron chi connectivity index (χ4n) is 3.13. The first kappa shape index (κ1) is 13.1. The van der Waals surface area contributed by atoms with E-state index in [9.17, 15) is 0 Å². The summed E-state index contributed by atoms with van der Waals surface area (Å²) in [5.41, 5.74) is 1.54. The van der Waals surface area contributed by atoms with Crippen LogP contribution in [0.2, 0.25) is 0 Å². The third-order valence-electron chi connectivity index (χ3n) is 4.12. The molecule has 0 saturated carbocycles. The van der Waals surface area contributed by atoms with Gasteiger partial charge in [0.15, 0.2) is 0 Å². The van der Waals surface area contributed by atoms with Gasteiger partial charge in [-0.15, -0.1) is 11.3 Å². The van der Waals surface area contributed by atoms with E-state index in [1.54, 1.807) is 0 Å². The highest BCUT2D eigenvalue weighted by atomic mass is 32.1. The Kier molecular flexibility index (Phi) is 4.16. The van der Waals surface area contributed by atoms with Gasteiger partial charge in [0, 0.05) is 10.7 Å². The topological polar surface area (TPSA) is 15.3 Å². The van der Waals surface area contributed by atoms with E-state index in [4.69, 9.17) is 0 Å².